The topological polar surface area (TPSA) is 78.5 Å². The van der Waals surface area contributed by atoms with Gasteiger partial charge in [0.2, 0.25) is 0 Å². The van der Waals surface area contributed by atoms with E-state index in [2.05, 4.69) is 44.9 Å². The zero-order chi connectivity index (χ0) is 27.2. The second-order valence-corrected chi connectivity index (χ2v) is 10.1. The van der Waals surface area contributed by atoms with Crippen molar-refractivity contribution in [2.75, 3.05) is 73.6 Å². The molecule has 0 aliphatic carbocycles. The van der Waals surface area contributed by atoms with Crippen LogP contribution >= 0.6 is 22.6 Å². The lowest BCUT2D eigenvalue weighted by Gasteiger charge is -2.29. The first-order valence-electron chi connectivity index (χ1n) is 12.9. The quantitative estimate of drug-likeness (QED) is 0.204. The Balaban J connectivity index is 1.38. The van der Waals surface area contributed by atoms with Gasteiger partial charge in [0, 0.05) is 23.2 Å². The summed E-state index contributed by atoms with van der Waals surface area (Å²) in [5, 5.41) is 3.03. The lowest BCUT2D eigenvalue weighted by Crippen LogP contribution is -2.32. The summed E-state index contributed by atoms with van der Waals surface area (Å²) in [6.07, 6.45) is 2.87. The minimum atomic E-state index is -0.499. The molecule has 10 heteroatoms. The first-order chi connectivity index (χ1) is 18.5. The molecule has 8 nitrogen and oxygen atoms in total. The lowest BCUT2D eigenvalue weighted by molar-refractivity contribution is 0.0324. The second kappa shape index (κ2) is 16.7. The van der Waals surface area contributed by atoms with E-state index in [0.717, 1.165) is 54.0 Å². The number of halogens is 2. The predicted octanol–water partition coefficient (Wildman–Crippen LogP) is 4.26. The van der Waals surface area contributed by atoms with Gasteiger partial charge < -0.3 is 29.0 Å². The van der Waals surface area contributed by atoms with Crippen LogP contribution in [0.5, 0.6) is 17.2 Å². The van der Waals surface area contributed by atoms with Crippen molar-refractivity contribution < 1.29 is 32.9 Å². The maximum Gasteiger partial charge on any atom is 0.255 e. The number of methoxy groups -OCH3 is 2. The lowest BCUT2D eigenvalue weighted by atomic mass is 9.98. The van der Waals surface area contributed by atoms with E-state index >= 15 is 0 Å². The van der Waals surface area contributed by atoms with Gasteiger partial charge in [0.05, 0.1) is 46.2 Å². The molecule has 210 valence electrons. The van der Waals surface area contributed by atoms with E-state index < -0.39 is 6.67 Å². The largest absolute Gasteiger partial charge is 0.493 e. The Morgan fingerprint density at radius 2 is 1.66 bits per heavy atom. The maximum atomic E-state index is 12.9. The molecule has 1 amide bonds. The Kier molecular flexibility index (Phi) is 13.4. The molecule has 38 heavy (non-hydrogen) atoms. The molecule has 0 saturated heterocycles. The second-order valence-electron chi connectivity index (χ2n) is 8.87. The first kappa shape index (κ1) is 30.4. The summed E-state index contributed by atoms with van der Waals surface area (Å²) in [6.45, 7) is 4.43. The maximum absolute atomic E-state index is 12.9. The Bertz CT molecular complexity index is 1030. The normalized spacial score (nSPS) is 13.2. The zero-order valence-corrected chi connectivity index (χ0v) is 24.4. The van der Waals surface area contributed by atoms with Crippen LogP contribution < -0.4 is 19.5 Å². The van der Waals surface area contributed by atoms with E-state index in [1.54, 1.807) is 20.3 Å². The fourth-order valence-corrected chi connectivity index (χ4v) is 4.77. The average Bonchev–Trinajstić information content (AvgIpc) is 2.93. The molecule has 0 spiro atoms. The van der Waals surface area contributed by atoms with Crippen LogP contribution in [0.3, 0.4) is 0 Å². The minimum absolute atomic E-state index is 0.0828. The third kappa shape index (κ3) is 9.55. The number of unbranched alkanes of at least 4 members (excludes halogenated alkanes) is 1. The number of ether oxygens (including phenoxy) is 5. The van der Waals surface area contributed by atoms with Crippen molar-refractivity contribution in [1.82, 2.24) is 10.2 Å². The Morgan fingerprint density at radius 1 is 0.947 bits per heavy atom. The van der Waals surface area contributed by atoms with Gasteiger partial charge in [-0.25, -0.2) is 4.39 Å². The van der Waals surface area contributed by atoms with Crippen molar-refractivity contribution in [1.29, 1.82) is 0 Å². The van der Waals surface area contributed by atoms with Crippen molar-refractivity contribution in [3.63, 3.8) is 0 Å². The molecule has 0 fully saturated rings. The fourth-order valence-electron chi connectivity index (χ4n) is 4.28. The van der Waals surface area contributed by atoms with Crippen molar-refractivity contribution in [2.24, 2.45) is 0 Å². The number of amides is 1. The van der Waals surface area contributed by atoms with Gasteiger partial charge in [0.25, 0.3) is 5.91 Å². The van der Waals surface area contributed by atoms with Crippen LogP contribution in [-0.4, -0.2) is 84.4 Å². The summed E-state index contributed by atoms with van der Waals surface area (Å²) in [4.78, 5) is 15.3. The molecule has 0 atom stereocenters. The van der Waals surface area contributed by atoms with E-state index in [-0.39, 0.29) is 12.5 Å². The third-order valence-corrected chi connectivity index (χ3v) is 6.92. The summed E-state index contributed by atoms with van der Waals surface area (Å²) in [6, 6.07) is 9.70. The van der Waals surface area contributed by atoms with Crippen LogP contribution in [0, 0.1) is 3.57 Å². The molecule has 0 saturated carbocycles. The summed E-state index contributed by atoms with van der Waals surface area (Å²) in [7, 11) is 3.33. The molecule has 0 aromatic heterocycles. The smallest absolute Gasteiger partial charge is 0.255 e. The highest BCUT2D eigenvalue weighted by Crippen LogP contribution is 2.33. The Morgan fingerprint density at radius 3 is 2.39 bits per heavy atom. The predicted molar refractivity (Wildman–Crippen MR) is 152 cm³/mol. The molecule has 0 unspecified atom stereocenters. The Labute approximate surface area is 238 Å². The molecule has 3 rings (SSSR count). The number of hydrogen-bond acceptors (Lipinski definition) is 7. The van der Waals surface area contributed by atoms with Crippen LogP contribution in [0.15, 0.2) is 30.3 Å². The van der Waals surface area contributed by atoms with Gasteiger partial charge in [-0.3, -0.25) is 9.69 Å². The highest BCUT2D eigenvalue weighted by molar-refractivity contribution is 14.1. The number of benzene rings is 2. The SMILES string of the molecule is COc1cc2c(cc1OC)CN(CCCCNC(=O)c1cc(I)ccc1OCCOCCOCCF)CC2. The number of nitrogens with one attached hydrogen (secondary N) is 1. The molecular weight excluding hydrogens is 606 g/mol. The van der Waals surface area contributed by atoms with Gasteiger partial charge in [-0.15, -0.1) is 0 Å². The minimum Gasteiger partial charge on any atom is -0.493 e. The molecule has 2 aromatic rings. The molecule has 1 aliphatic heterocycles. The van der Waals surface area contributed by atoms with Gasteiger partial charge in [-0.2, -0.15) is 0 Å². The number of alkyl halides is 1. The molecule has 1 heterocycles. The number of hydrogen-bond donors (Lipinski definition) is 1. The van der Waals surface area contributed by atoms with E-state index in [1.165, 1.54) is 11.1 Å². The molecule has 0 bridgehead atoms. The van der Waals surface area contributed by atoms with E-state index in [9.17, 15) is 9.18 Å². The van der Waals surface area contributed by atoms with Crippen LogP contribution in [0.2, 0.25) is 0 Å². The molecule has 1 N–H and O–H groups in total. The number of fused-ring (bicyclic) bond motifs is 1. The van der Waals surface area contributed by atoms with Gasteiger partial charge in [-0.1, -0.05) is 0 Å². The average molecular weight is 645 g/mol. The Hall–Kier alpha value is -2.15. The standard InChI is InChI=1S/C28H38FIN2O6/c1-34-26-17-21-7-11-32(20-22(21)18-27(26)35-2)10-4-3-9-31-28(33)24-19-23(30)5-6-25(24)38-16-15-37-14-13-36-12-8-29/h5-6,17-19H,3-4,7-16,20H2,1-2H3,(H,31,33). The summed E-state index contributed by atoms with van der Waals surface area (Å²) >= 11 is 2.19. The van der Waals surface area contributed by atoms with Crippen molar-refractivity contribution in [2.45, 2.75) is 25.8 Å². The van der Waals surface area contributed by atoms with Gasteiger partial charge >= 0.3 is 0 Å². The van der Waals surface area contributed by atoms with E-state index in [1.807, 2.05) is 12.1 Å². The highest BCUT2D eigenvalue weighted by atomic mass is 127. The van der Waals surface area contributed by atoms with Crippen LogP contribution in [-0.2, 0) is 22.4 Å². The molecule has 1 aliphatic rings. The van der Waals surface area contributed by atoms with Crippen molar-refractivity contribution >= 4 is 28.5 Å². The molecular formula is C28H38FIN2O6. The van der Waals surface area contributed by atoms with Crippen LogP contribution in [0.1, 0.15) is 34.3 Å². The highest BCUT2D eigenvalue weighted by Gasteiger charge is 2.19. The van der Waals surface area contributed by atoms with Crippen LogP contribution in [0.25, 0.3) is 0 Å². The monoisotopic (exact) mass is 644 g/mol. The van der Waals surface area contributed by atoms with E-state index in [0.29, 0.717) is 44.3 Å². The first-order valence-corrected chi connectivity index (χ1v) is 14.0. The van der Waals surface area contributed by atoms with Gasteiger partial charge in [0.15, 0.2) is 11.5 Å². The van der Waals surface area contributed by atoms with Crippen molar-refractivity contribution in [3.05, 3.63) is 50.6 Å². The van der Waals surface area contributed by atoms with Gasteiger partial charge in [0.1, 0.15) is 19.0 Å². The van der Waals surface area contributed by atoms with E-state index in [4.69, 9.17) is 23.7 Å². The zero-order valence-electron chi connectivity index (χ0n) is 22.2. The number of carbonyl (C=O) groups excluding carboxylic acids is 1. The number of nitrogens with zero attached hydrogens (tertiary/aromatic N) is 1. The molecule has 0 radical (unpaired) electrons. The summed E-state index contributed by atoms with van der Waals surface area (Å²) in [5.41, 5.74) is 3.11. The van der Waals surface area contributed by atoms with Crippen LogP contribution in [0.4, 0.5) is 4.39 Å². The van der Waals surface area contributed by atoms with Crippen molar-refractivity contribution in [3.8, 4) is 17.2 Å². The van der Waals surface area contributed by atoms with Gasteiger partial charge in [-0.05, 0) is 89.9 Å². The number of rotatable bonds is 17. The summed E-state index contributed by atoms with van der Waals surface area (Å²) in [5.74, 6) is 1.93. The fraction of sp³-hybridized carbons (Fsp3) is 0.536. The molecule has 2 aromatic carbocycles. The number of carbonyl (C=O) groups is 1. The summed E-state index contributed by atoms with van der Waals surface area (Å²) < 4.78 is 40.1. The third-order valence-electron chi connectivity index (χ3n) is 6.25.